The zero-order valence-electron chi connectivity index (χ0n) is 10.2. The van der Waals surface area contributed by atoms with Gasteiger partial charge in [0.25, 0.3) is 0 Å². The third-order valence-corrected chi connectivity index (χ3v) is 2.65. The molecule has 0 amide bonds. The molecular formula is C12H21N3O. The molecule has 16 heavy (non-hydrogen) atoms. The summed E-state index contributed by atoms with van der Waals surface area (Å²) in [5.41, 5.74) is 3.91. The second-order valence-corrected chi connectivity index (χ2v) is 4.31. The van der Waals surface area contributed by atoms with Crippen molar-refractivity contribution in [3.8, 4) is 5.75 Å². The number of ether oxygens (including phenoxy) is 1. The highest BCUT2D eigenvalue weighted by Crippen LogP contribution is 2.27. The van der Waals surface area contributed by atoms with Crippen molar-refractivity contribution in [3.63, 3.8) is 0 Å². The molecule has 0 saturated heterocycles. The number of hydrogen-bond acceptors (Lipinski definition) is 4. The number of pyridine rings is 1. The van der Waals surface area contributed by atoms with Crippen LogP contribution in [0.3, 0.4) is 0 Å². The third-order valence-electron chi connectivity index (χ3n) is 2.65. The number of nitrogens with zero attached hydrogens (tertiary/aromatic N) is 1. The van der Waals surface area contributed by atoms with Crippen LogP contribution in [0, 0.1) is 5.92 Å². The van der Waals surface area contributed by atoms with Gasteiger partial charge in [-0.15, -0.1) is 0 Å². The smallest absolute Gasteiger partial charge is 0.141 e. The van der Waals surface area contributed by atoms with Crippen molar-refractivity contribution >= 4 is 0 Å². The Morgan fingerprint density at radius 1 is 1.44 bits per heavy atom. The van der Waals surface area contributed by atoms with Gasteiger partial charge < -0.3 is 4.74 Å². The van der Waals surface area contributed by atoms with E-state index in [0.29, 0.717) is 5.92 Å². The van der Waals surface area contributed by atoms with Crippen LogP contribution in [0.2, 0.25) is 0 Å². The zero-order chi connectivity index (χ0) is 12.0. The average Bonchev–Trinajstić information content (AvgIpc) is 2.30. The minimum absolute atomic E-state index is 0.125. The highest BCUT2D eigenvalue weighted by molar-refractivity contribution is 5.32. The summed E-state index contributed by atoms with van der Waals surface area (Å²) in [4.78, 5) is 4.03. The van der Waals surface area contributed by atoms with Gasteiger partial charge in [-0.25, -0.2) is 0 Å². The molecule has 1 unspecified atom stereocenters. The Labute approximate surface area is 97.2 Å². The second kappa shape index (κ2) is 6.45. The third kappa shape index (κ3) is 3.47. The summed E-state index contributed by atoms with van der Waals surface area (Å²) in [6.45, 7) is 4.41. The molecule has 0 aliphatic heterocycles. The molecule has 90 valence electrons. The fourth-order valence-electron chi connectivity index (χ4n) is 1.68. The lowest BCUT2D eigenvalue weighted by molar-refractivity contribution is 0.386. The molecule has 0 radical (unpaired) electrons. The molecule has 1 aromatic heterocycles. The number of rotatable bonds is 6. The first-order chi connectivity index (χ1) is 7.69. The standard InChI is InChI=1S/C12H21N3O/c1-9(2)4-5-11(15-13)10-6-7-14-8-12(10)16-3/h6-9,11,15H,4-5,13H2,1-3H3. The fraction of sp³-hybridized carbons (Fsp3) is 0.583. The van der Waals surface area contributed by atoms with Crippen molar-refractivity contribution in [2.45, 2.75) is 32.7 Å². The van der Waals surface area contributed by atoms with Crippen molar-refractivity contribution in [2.24, 2.45) is 11.8 Å². The molecule has 4 heteroatoms. The first-order valence-corrected chi connectivity index (χ1v) is 5.63. The Bertz CT molecular complexity index is 315. The maximum atomic E-state index is 5.59. The monoisotopic (exact) mass is 223 g/mol. The molecule has 0 bridgehead atoms. The van der Waals surface area contributed by atoms with Gasteiger partial charge in [0.15, 0.2) is 0 Å². The summed E-state index contributed by atoms with van der Waals surface area (Å²) in [6.07, 6.45) is 5.60. The molecule has 3 N–H and O–H groups in total. The lowest BCUT2D eigenvalue weighted by Crippen LogP contribution is -2.28. The molecular weight excluding hydrogens is 202 g/mol. The maximum Gasteiger partial charge on any atom is 0.141 e. The molecule has 0 spiro atoms. The summed E-state index contributed by atoms with van der Waals surface area (Å²) in [5, 5.41) is 0. The Balaban J connectivity index is 2.77. The molecule has 0 aliphatic carbocycles. The lowest BCUT2D eigenvalue weighted by Gasteiger charge is -2.19. The van der Waals surface area contributed by atoms with E-state index >= 15 is 0 Å². The predicted molar refractivity (Wildman–Crippen MR) is 64.9 cm³/mol. The van der Waals surface area contributed by atoms with Gasteiger partial charge in [-0.3, -0.25) is 16.3 Å². The number of nitrogens with one attached hydrogen (secondary N) is 1. The van der Waals surface area contributed by atoms with Crippen LogP contribution in [0.1, 0.15) is 38.3 Å². The van der Waals surface area contributed by atoms with Gasteiger partial charge in [0, 0.05) is 17.8 Å². The first kappa shape index (κ1) is 12.9. The van der Waals surface area contributed by atoms with Crippen LogP contribution in [-0.4, -0.2) is 12.1 Å². The SMILES string of the molecule is COc1cnccc1C(CCC(C)C)NN. The van der Waals surface area contributed by atoms with Crippen molar-refractivity contribution in [3.05, 3.63) is 24.0 Å². The molecule has 1 heterocycles. The summed E-state index contributed by atoms with van der Waals surface area (Å²) >= 11 is 0. The van der Waals surface area contributed by atoms with Crippen LogP contribution in [0.4, 0.5) is 0 Å². The van der Waals surface area contributed by atoms with Gasteiger partial charge >= 0.3 is 0 Å². The van der Waals surface area contributed by atoms with E-state index in [2.05, 4.69) is 24.3 Å². The Morgan fingerprint density at radius 2 is 2.19 bits per heavy atom. The van der Waals surface area contributed by atoms with E-state index in [0.717, 1.165) is 24.2 Å². The summed E-state index contributed by atoms with van der Waals surface area (Å²) in [7, 11) is 1.65. The minimum atomic E-state index is 0.125. The van der Waals surface area contributed by atoms with Crippen LogP contribution < -0.4 is 16.0 Å². The van der Waals surface area contributed by atoms with Gasteiger partial charge in [-0.05, 0) is 24.8 Å². The quantitative estimate of drug-likeness (QED) is 0.572. The van der Waals surface area contributed by atoms with Crippen molar-refractivity contribution in [1.29, 1.82) is 0 Å². The molecule has 0 fully saturated rings. The molecule has 1 aromatic rings. The van der Waals surface area contributed by atoms with Crippen molar-refractivity contribution in [2.75, 3.05) is 7.11 Å². The van der Waals surface area contributed by atoms with Crippen molar-refractivity contribution in [1.82, 2.24) is 10.4 Å². The molecule has 0 aromatic carbocycles. The van der Waals surface area contributed by atoms with Gasteiger partial charge in [0.2, 0.25) is 0 Å². The number of hydrazine groups is 1. The zero-order valence-corrected chi connectivity index (χ0v) is 10.2. The number of nitrogens with two attached hydrogens (primary N) is 1. The lowest BCUT2D eigenvalue weighted by atomic mass is 9.98. The highest BCUT2D eigenvalue weighted by atomic mass is 16.5. The molecule has 0 saturated carbocycles. The Morgan fingerprint density at radius 3 is 2.75 bits per heavy atom. The van der Waals surface area contributed by atoms with E-state index in [1.54, 1.807) is 19.5 Å². The van der Waals surface area contributed by atoms with Crippen LogP contribution in [0.15, 0.2) is 18.5 Å². The van der Waals surface area contributed by atoms with E-state index in [1.807, 2.05) is 6.07 Å². The maximum absolute atomic E-state index is 5.59. The van der Waals surface area contributed by atoms with Crippen LogP contribution in [0.25, 0.3) is 0 Å². The number of aromatic nitrogens is 1. The molecule has 1 atom stereocenters. The molecule has 4 nitrogen and oxygen atoms in total. The van der Waals surface area contributed by atoms with E-state index in [4.69, 9.17) is 10.6 Å². The number of hydrogen-bond donors (Lipinski definition) is 2. The normalized spacial score (nSPS) is 12.8. The van der Waals surface area contributed by atoms with E-state index in [-0.39, 0.29) is 6.04 Å². The van der Waals surface area contributed by atoms with Crippen LogP contribution in [0.5, 0.6) is 5.75 Å². The second-order valence-electron chi connectivity index (χ2n) is 4.31. The Hall–Kier alpha value is -1.13. The largest absolute Gasteiger partial charge is 0.495 e. The predicted octanol–water partition coefficient (Wildman–Crippen LogP) is 2.03. The molecule has 0 aliphatic rings. The van der Waals surface area contributed by atoms with Gasteiger partial charge in [0.05, 0.1) is 13.3 Å². The fourth-order valence-corrected chi connectivity index (χ4v) is 1.68. The van der Waals surface area contributed by atoms with Gasteiger partial charge in [0.1, 0.15) is 5.75 Å². The Kier molecular flexibility index (Phi) is 5.22. The van der Waals surface area contributed by atoms with E-state index < -0.39 is 0 Å². The van der Waals surface area contributed by atoms with Gasteiger partial charge in [-0.2, -0.15) is 0 Å². The summed E-state index contributed by atoms with van der Waals surface area (Å²) in [6, 6.07) is 2.07. The van der Waals surface area contributed by atoms with Crippen LogP contribution >= 0.6 is 0 Å². The average molecular weight is 223 g/mol. The first-order valence-electron chi connectivity index (χ1n) is 5.63. The number of methoxy groups -OCH3 is 1. The minimum Gasteiger partial charge on any atom is -0.495 e. The topological polar surface area (TPSA) is 60.2 Å². The summed E-state index contributed by atoms with van der Waals surface area (Å²) in [5.74, 6) is 7.05. The molecule has 1 rings (SSSR count). The van der Waals surface area contributed by atoms with Crippen molar-refractivity contribution < 1.29 is 4.74 Å². The highest BCUT2D eigenvalue weighted by Gasteiger charge is 2.14. The van der Waals surface area contributed by atoms with Crippen LogP contribution in [-0.2, 0) is 0 Å². The summed E-state index contributed by atoms with van der Waals surface area (Å²) < 4.78 is 5.28. The van der Waals surface area contributed by atoms with Gasteiger partial charge in [-0.1, -0.05) is 13.8 Å². The van der Waals surface area contributed by atoms with E-state index in [9.17, 15) is 0 Å². The van der Waals surface area contributed by atoms with E-state index in [1.165, 1.54) is 0 Å².